The fourth-order valence-electron chi connectivity index (χ4n) is 1.05. The van der Waals surface area contributed by atoms with E-state index < -0.39 is 0 Å². The highest BCUT2D eigenvalue weighted by Gasteiger charge is 2.00. The van der Waals surface area contributed by atoms with Gasteiger partial charge in [0.15, 0.2) is 0 Å². The standard InChI is InChI=1S/C10H12ClNO/c1-2-12-10(13)7-8-3-5-9(11)6-4-8/h3-6H,2,7H2,1H3,(H,12,13). The summed E-state index contributed by atoms with van der Waals surface area (Å²) in [6, 6.07) is 7.29. The summed E-state index contributed by atoms with van der Waals surface area (Å²) < 4.78 is 0. The number of likely N-dealkylation sites (N-methyl/N-ethyl adjacent to an activating group) is 1. The van der Waals surface area contributed by atoms with Crippen LogP contribution in [-0.4, -0.2) is 12.5 Å². The minimum absolute atomic E-state index is 0.0461. The van der Waals surface area contributed by atoms with Crippen molar-refractivity contribution >= 4 is 17.5 Å². The molecule has 0 aromatic heterocycles. The molecule has 0 fully saturated rings. The third kappa shape index (κ3) is 3.47. The fourth-order valence-corrected chi connectivity index (χ4v) is 1.17. The molecule has 0 atom stereocenters. The molecular formula is C10H12ClNO. The summed E-state index contributed by atoms with van der Waals surface area (Å²) in [7, 11) is 0. The van der Waals surface area contributed by atoms with Gasteiger partial charge in [-0.2, -0.15) is 0 Å². The summed E-state index contributed by atoms with van der Waals surface area (Å²) in [5, 5.41) is 3.43. The molecule has 0 unspecified atom stereocenters. The van der Waals surface area contributed by atoms with Crippen LogP contribution in [0.25, 0.3) is 0 Å². The molecule has 0 bridgehead atoms. The van der Waals surface area contributed by atoms with Crippen LogP contribution in [0.5, 0.6) is 0 Å². The van der Waals surface area contributed by atoms with Crippen molar-refractivity contribution in [1.82, 2.24) is 5.32 Å². The van der Waals surface area contributed by atoms with E-state index in [1.54, 1.807) is 12.1 Å². The number of rotatable bonds is 3. The molecule has 3 heteroatoms. The monoisotopic (exact) mass is 197 g/mol. The van der Waals surface area contributed by atoms with E-state index in [1.807, 2.05) is 19.1 Å². The second kappa shape index (κ2) is 4.87. The van der Waals surface area contributed by atoms with Crippen molar-refractivity contribution in [3.8, 4) is 0 Å². The number of nitrogens with one attached hydrogen (secondary N) is 1. The van der Waals surface area contributed by atoms with Crippen LogP contribution in [0.1, 0.15) is 12.5 Å². The van der Waals surface area contributed by atoms with E-state index in [0.29, 0.717) is 18.0 Å². The van der Waals surface area contributed by atoms with Crippen LogP contribution in [0.15, 0.2) is 24.3 Å². The number of amides is 1. The second-order valence-electron chi connectivity index (χ2n) is 2.76. The number of carbonyl (C=O) groups excluding carboxylic acids is 1. The predicted octanol–water partition coefficient (Wildman–Crippen LogP) is 2.02. The highest BCUT2D eigenvalue weighted by atomic mass is 35.5. The lowest BCUT2D eigenvalue weighted by molar-refractivity contribution is -0.120. The van der Waals surface area contributed by atoms with E-state index in [1.165, 1.54) is 0 Å². The zero-order valence-corrected chi connectivity index (χ0v) is 8.27. The molecule has 0 aliphatic carbocycles. The summed E-state index contributed by atoms with van der Waals surface area (Å²) in [5.74, 6) is 0.0461. The van der Waals surface area contributed by atoms with Gasteiger partial charge < -0.3 is 5.32 Å². The molecule has 1 N–H and O–H groups in total. The number of hydrogen-bond donors (Lipinski definition) is 1. The third-order valence-corrected chi connectivity index (χ3v) is 1.90. The molecule has 0 heterocycles. The molecule has 13 heavy (non-hydrogen) atoms. The van der Waals surface area contributed by atoms with Gasteiger partial charge in [0.1, 0.15) is 0 Å². The molecule has 0 saturated carbocycles. The summed E-state index contributed by atoms with van der Waals surface area (Å²) in [5.41, 5.74) is 0.982. The Morgan fingerprint density at radius 2 is 2.00 bits per heavy atom. The van der Waals surface area contributed by atoms with E-state index in [0.717, 1.165) is 5.56 Å². The van der Waals surface area contributed by atoms with E-state index in [9.17, 15) is 4.79 Å². The van der Waals surface area contributed by atoms with Gasteiger partial charge in [-0.05, 0) is 24.6 Å². The largest absolute Gasteiger partial charge is 0.356 e. The summed E-state index contributed by atoms with van der Waals surface area (Å²) >= 11 is 5.71. The first-order valence-electron chi connectivity index (χ1n) is 4.23. The molecule has 1 amide bonds. The Labute approximate surface area is 82.9 Å². The number of carbonyl (C=O) groups is 1. The zero-order chi connectivity index (χ0) is 9.68. The quantitative estimate of drug-likeness (QED) is 0.790. The number of benzene rings is 1. The molecule has 70 valence electrons. The Kier molecular flexibility index (Phi) is 3.77. The average Bonchev–Trinajstić information content (AvgIpc) is 2.09. The van der Waals surface area contributed by atoms with Crippen LogP contribution in [-0.2, 0) is 11.2 Å². The average molecular weight is 198 g/mol. The fraction of sp³-hybridized carbons (Fsp3) is 0.300. The van der Waals surface area contributed by atoms with Gasteiger partial charge in [-0.1, -0.05) is 23.7 Å². The summed E-state index contributed by atoms with van der Waals surface area (Å²) in [4.78, 5) is 11.2. The van der Waals surface area contributed by atoms with Crippen molar-refractivity contribution in [3.05, 3.63) is 34.9 Å². The van der Waals surface area contributed by atoms with Crippen molar-refractivity contribution in [3.63, 3.8) is 0 Å². The van der Waals surface area contributed by atoms with Crippen LogP contribution < -0.4 is 5.32 Å². The Balaban J connectivity index is 2.54. The van der Waals surface area contributed by atoms with Crippen molar-refractivity contribution in [1.29, 1.82) is 0 Å². The lowest BCUT2D eigenvalue weighted by atomic mass is 10.1. The van der Waals surface area contributed by atoms with Gasteiger partial charge in [0.05, 0.1) is 6.42 Å². The maximum atomic E-state index is 11.2. The number of hydrogen-bond acceptors (Lipinski definition) is 1. The molecule has 0 aliphatic rings. The maximum Gasteiger partial charge on any atom is 0.224 e. The van der Waals surface area contributed by atoms with E-state index >= 15 is 0 Å². The minimum Gasteiger partial charge on any atom is -0.356 e. The Hall–Kier alpha value is -1.02. The van der Waals surface area contributed by atoms with Crippen LogP contribution in [0.3, 0.4) is 0 Å². The Morgan fingerprint density at radius 1 is 1.38 bits per heavy atom. The van der Waals surface area contributed by atoms with Crippen LogP contribution in [0.2, 0.25) is 5.02 Å². The van der Waals surface area contributed by atoms with Gasteiger partial charge in [-0.15, -0.1) is 0 Å². The van der Waals surface area contributed by atoms with E-state index in [-0.39, 0.29) is 5.91 Å². The molecule has 1 aromatic rings. The molecule has 2 nitrogen and oxygen atoms in total. The first-order valence-corrected chi connectivity index (χ1v) is 4.61. The Bertz CT molecular complexity index is 281. The molecule has 0 spiro atoms. The van der Waals surface area contributed by atoms with Crippen molar-refractivity contribution in [2.75, 3.05) is 6.54 Å². The third-order valence-electron chi connectivity index (χ3n) is 1.65. The van der Waals surface area contributed by atoms with Gasteiger partial charge in [0.25, 0.3) is 0 Å². The van der Waals surface area contributed by atoms with Gasteiger partial charge in [0.2, 0.25) is 5.91 Å². The zero-order valence-electron chi connectivity index (χ0n) is 7.51. The van der Waals surface area contributed by atoms with Crippen LogP contribution in [0, 0.1) is 0 Å². The highest BCUT2D eigenvalue weighted by molar-refractivity contribution is 6.30. The molecular weight excluding hydrogens is 186 g/mol. The predicted molar refractivity (Wildman–Crippen MR) is 53.8 cm³/mol. The first-order chi connectivity index (χ1) is 6.22. The van der Waals surface area contributed by atoms with Crippen molar-refractivity contribution in [2.24, 2.45) is 0 Å². The highest BCUT2D eigenvalue weighted by Crippen LogP contribution is 2.09. The van der Waals surface area contributed by atoms with E-state index in [4.69, 9.17) is 11.6 Å². The normalized spacial score (nSPS) is 9.69. The lowest BCUT2D eigenvalue weighted by Crippen LogP contribution is -2.24. The molecule has 0 saturated heterocycles. The smallest absolute Gasteiger partial charge is 0.224 e. The van der Waals surface area contributed by atoms with E-state index in [2.05, 4.69) is 5.32 Å². The van der Waals surface area contributed by atoms with Gasteiger partial charge in [-0.3, -0.25) is 4.79 Å². The second-order valence-corrected chi connectivity index (χ2v) is 3.19. The van der Waals surface area contributed by atoms with Crippen LogP contribution >= 0.6 is 11.6 Å². The van der Waals surface area contributed by atoms with Gasteiger partial charge in [-0.25, -0.2) is 0 Å². The SMILES string of the molecule is CCNC(=O)Cc1ccc(Cl)cc1. The first kappa shape index (κ1) is 10.1. The Morgan fingerprint density at radius 3 is 2.54 bits per heavy atom. The van der Waals surface area contributed by atoms with Crippen LogP contribution in [0.4, 0.5) is 0 Å². The molecule has 1 rings (SSSR count). The summed E-state index contributed by atoms with van der Waals surface area (Å²) in [6.45, 7) is 2.58. The molecule has 0 radical (unpaired) electrons. The topological polar surface area (TPSA) is 29.1 Å². The maximum absolute atomic E-state index is 11.2. The van der Waals surface area contributed by atoms with Crippen molar-refractivity contribution < 1.29 is 4.79 Å². The molecule has 1 aromatic carbocycles. The molecule has 0 aliphatic heterocycles. The van der Waals surface area contributed by atoms with Crippen molar-refractivity contribution in [2.45, 2.75) is 13.3 Å². The lowest BCUT2D eigenvalue weighted by Gasteiger charge is -2.01. The minimum atomic E-state index is 0.0461. The number of halogens is 1. The van der Waals surface area contributed by atoms with Gasteiger partial charge >= 0.3 is 0 Å². The van der Waals surface area contributed by atoms with Gasteiger partial charge in [0, 0.05) is 11.6 Å². The summed E-state index contributed by atoms with van der Waals surface area (Å²) in [6.07, 6.45) is 0.422.